The van der Waals surface area contributed by atoms with E-state index in [0.717, 1.165) is 0 Å². The van der Waals surface area contributed by atoms with E-state index in [4.69, 9.17) is 5.11 Å². The second kappa shape index (κ2) is 14.6. The molecule has 0 aromatic heterocycles. The standard InChI is InChI=1S/C12H27N.C7H6O2/c1-4-5-6-7-8-9-10-11-12-13(2)3;8-7(9)6-4-2-1-3-5-6/h4-12H2,1-3H3;1-5H,(H,8,9). The van der Waals surface area contributed by atoms with Gasteiger partial charge in [0.2, 0.25) is 0 Å². The van der Waals surface area contributed by atoms with Crippen LogP contribution in [0.5, 0.6) is 0 Å². The van der Waals surface area contributed by atoms with Crippen LogP contribution in [-0.2, 0) is 0 Å². The zero-order chi connectivity index (χ0) is 16.6. The molecular formula is C19H33NO2. The number of unbranched alkanes of at least 4 members (excludes halogenated alkanes) is 7. The van der Waals surface area contributed by atoms with Crippen molar-refractivity contribution in [3.05, 3.63) is 35.9 Å². The molecule has 1 aromatic rings. The van der Waals surface area contributed by atoms with Crippen LogP contribution in [0.2, 0.25) is 0 Å². The fraction of sp³-hybridized carbons (Fsp3) is 0.632. The Morgan fingerprint density at radius 3 is 1.82 bits per heavy atom. The van der Waals surface area contributed by atoms with Crippen LogP contribution in [0.25, 0.3) is 0 Å². The summed E-state index contributed by atoms with van der Waals surface area (Å²) in [5, 5.41) is 8.38. The Hall–Kier alpha value is -1.35. The van der Waals surface area contributed by atoms with Crippen LogP contribution in [0.1, 0.15) is 68.6 Å². The van der Waals surface area contributed by atoms with Gasteiger partial charge in [0, 0.05) is 0 Å². The lowest BCUT2D eigenvalue weighted by Gasteiger charge is -2.08. The van der Waals surface area contributed by atoms with Gasteiger partial charge < -0.3 is 10.0 Å². The summed E-state index contributed by atoms with van der Waals surface area (Å²) in [6.45, 7) is 3.53. The van der Waals surface area contributed by atoms with E-state index >= 15 is 0 Å². The van der Waals surface area contributed by atoms with Crippen molar-refractivity contribution in [2.24, 2.45) is 0 Å². The van der Waals surface area contributed by atoms with Crippen molar-refractivity contribution >= 4 is 5.97 Å². The lowest BCUT2D eigenvalue weighted by Crippen LogP contribution is -2.12. The van der Waals surface area contributed by atoms with Crippen LogP contribution in [0, 0.1) is 0 Å². The quantitative estimate of drug-likeness (QED) is 0.613. The summed E-state index contributed by atoms with van der Waals surface area (Å²) < 4.78 is 0. The molecule has 0 saturated carbocycles. The number of rotatable bonds is 10. The Morgan fingerprint density at radius 1 is 0.909 bits per heavy atom. The maximum absolute atomic E-state index is 10.2. The van der Waals surface area contributed by atoms with Crippen LogP contribution in [0.15, 0.2) is 30.3 Å². The van der Waals surface area contributed by atoms with E-state index in [0.29, 0.717) is 5.56 Å². The van der Waals surface area contributed by atoms with Gasteiger partial charge in [0.25, 0.3) is 0 Å². The number of carbonyl (C=O) groups is 1. The van der Waals surface area contributed by atoms with Gasteiger partial charge in [-0.05, 0) is 39.2 Å². The molecule has 0 saturated heterocycles. The van der Waals surface area contributed by atoms with E-state index in [2.05, 4.69) is 25.9 Å². The van der Waals surface area contributed by atoms with Gasteiger partial charge in [-0.1, -0.05) is 70.1 Å². The summed E-state index contributed by atoms with van der Waals surface area (Å²) in [5.74, 6) is -0.879. The first kappa shape index (κ1) is 20.6. The van der Waals surface area contributed by atoms with Crippen LogP contribution >= 0.6 is 0 Å². The van der Waals surface area contributed by atoms with Gasteiger partial charge in [-0.3, -0.25) is 0 Å². The highest BCUT2D eigenvalue weighted by molar-refractivity contribution is 5.87. The third-order valence-electron chi connectivity index (χ3n) is 3.48. The number of carboxylic acids is 1. The van der Waals surface area contributed by atoms with E-state index in [9.17, 15) is 4.79 Å². The predicted octanol–water partition coefficient (Wildman–Crippen LogP) is 5.07. The molecule has 0 amide bonds. The lowest BCUT2D eigenvalue weighted by atomic mass is 10.1. The molecule has 0 heterocycles. The number of hydrogen-bond acceptors (Lipinski definition) is 2. The average molecular weight is 307 g/mol. The van der Waals surface area contributed by atoms with Crippen molar-refractivity contribution in [2.75, 3.05) is 20.6 Å². The van der Waals surface area contributed by atoms with Crippen molar-refractivity contribution in [1.82, 2.24) is 4.90 Å². The largest absolute Gasteiger partial charge is 0.478 e. The molecule has 0 fully saturated rings. The maximum Gasteiger partial charge on any atom is 0.335 e. The molecule has 0 bridgehead atoms. The lowest BCUT2D eigenvalue weighted by molar-refractivity contribution is 0.0697. The van der Waals surface area contributed by atoms with E-state index in [1.165, 1.54) is 57.9 Å². The molecule has 126 valence electrons. The molecule has 3 heteroatoms. The van der Waals surface area contributed by atoms with E-state index < -0.39 is 5.97 Å². The van der Waals surface area contributed by atoms with Crippen LogP contribution in [-0.4, -0.2) is 36.6 Å². The summed E-state index contributed by atoms with van der Waals surface area (Å²) in [6, 6.07) is 8.30. The highest BCUT2D eigenvalue weighted by Crippen LogP contribution is 2.08. The molecule has 0 aliphatic heterocycles. The van der Waals surface area contributed by atoms with Gasteiger partial charge in [0.1, 0.15) is 0 Å². The molecule has 22 heavy (non-hydrogen) atoms. The SMILES string of the molecule is CCCCCCCCCCN(C)C.O=C(O)c1ccccc1. The van der Waals surface area contributed by atoms with Gasteiger partial charge >= 0.3 is 5.97 Å². The first-order chi connectivity index (χ1) is 10.6. The molecule has 1 rings (SSSR count). The summed E-state index contributed by atoms with van der Waals surface area (Å²) in [4.78, 5) is 12.5. The van der Waals surface area contributed by atoms with Crippen molar-refractivity contribution in [1.29, 1.82) is 0 Å². The van der Waals surface area contributed by atoms with Gasteiger partial charge in [0.15, 0.2) is 0 Å². The Balaban J connectivity index is 0.000000425. The third kappa shape index (κ3) is 13.6. The monoisotopic (exact) mass is 307 g/mol. The average Bonchev–Trinajstić information content (AvgIpc) is 2.51. The molecule has 0 aliphatic rings. The van der Waals surface area contributed by atoms with E-state index in [1.807, 2.05) is 0 Å². The number of aromatic carboxylic acids is 1. The number of nitrogens with zero attached hydrogens (tertiary/aromatic N) is 1. The number of hydrogen-bond donors (Lipinski definition) is 1. The zero-order valence-electron chi connectivity index (χ0n) is 14.6. The van der Waals surface area contributed by atoms with Gasteiger partial charge in [-0.2, -0.15) is 0 Å². The molecule has 0 unspecified atom stereocenters. The van der Waals surface area contributed by atoms with Crippen molar-refractivity contribution in [3.8, 4) is 0 Å². The second-order valence-electron chi connectivity index (χ2n) is 5.95. The molecule has 0 spiro atoms. The zero-order valence-corrected chi connectivity index (χ0v) is 14.6. The predicted molar refractivity (Wildman–Crippen MR) is 94.6 cm³/mol. The smallest absolute Gasteiger partial charge is 0.335 e. The Bertz CT molecular complexity index is 363. The summed E-state index contributed by atoms with van der Waals surface area (Å²) in [7, 11) is 4.31. The second-order valence-corrected chi connectivity index (χ2v) is 5.95. The molecule has 0 atom stereocenters. The van der Waals surface area contributed by atoms with E-state index in [-0.39, 0.29) is 0 Å². The topological polar surface area (TPSA) is 40.5 Å². The maximum atomic E-state index is 10.2. The molecule has 0 aliphatic carbocycles. The highest BCUT2D eigenvalue weighted by atomic mass is 16.4. The normalized spacial score (nSPS) is 10.2. The first-order valence-corrected chi connectivity index (χ1v) is 8.51. The Morgan fingerprint density at radius 2 is 1.41 bits per heavy atom. The summed E-state index contributed by atoms with van der Waals surface area (Å²) >= 11 is 0. The Kier molecular flexibility index (Phi) is 13.7. The molecule has 1 aromatic carbocycles. The van der Waals surface area contributed by atoms with Gasteiger partial charge in [-0.15, -0.1) is 0 Å². The van der Waals surface area contributed by atoms with Crippen LogP contribution in [0.4, 0.5) is 0 Å². The third-order valence-corrected chi connectivity index (χ3v) is 3.48. The van der Waals surface area contributed by atoms with Crippen molar-refractivity contribution in [3.63, 3.8) is 0 Å². The molecule has 0 radical (unpaired) electrons. The fourth-order valence-corrected chi connectivity index (χ4v) is 2.14. The Labute approximate surface area is 136 Å². The molecule has 1 N–H and O–H groups in total. The minimum Gasteiger partial charge on any atom is -0.478 e. The molecular weight excluding hydrogens is 274 g/mol. The van der Waals surface area contributed by atoms with E-state index in [1.54, 1.807) is 30.3 Å². The van der Waals surface area contributed by atoms with Gasteiger partial charge in [-0.25, -0.2) is 4.79 Å². The first-order valence-electron chi connectivity index (χ1n) is 8.51. The number of carboxylic acid groups (broad SMARTS) is 1. The molecule has 3 nitrogen and oxygen atoms in total. The number of benzene rings is 1. The van der Waals surface area contributed by atoms with Crippen LogP contribution in [0.3, 0.4) is 0 Å². The minimum atomic E-state index is -0.879. The van der Waals surface area contributed by atoms with Gasteiger partial charge in [0.05, 0.1) is 5.56 Å². The van der Waals surface area contributed by atoms with Crippen molar-refractivity contribution < 1.29 is 9.90 Å². The van der Waals surface area contributed by atoms with Crippen molar-refractivity contribution in [2.45, 2.75) is 58.3 Å². The van der Waals surface area contributed by atoms with Crippen LogP contribution < -0.4 is 0 Å². The minimum absolute atomic E-state index is 0.331. The highest BCUT2D eigenvalue weighted by Gasteiger charge is 1.96. The summed E-state index contributed by atoms with van der Waals surface area (Å²) in [6.07, 6.45) is 11.4. The fourth-order valence-electron chi connectivity index (χ4n) is 2.14. The summed E-state index contributed by atoms with van der Waals surface area (Å²) in [5.41, 5.74) is 0.331.